The third kappa shape index (κ3) is 3.21. The normalized spacial score (nSPS) is 15.5. The highest BCUT2D eigenvalue weighted by molar-refractivity contribution is 5.95. The second-order valence-electron chi connectivity index (χ2n) is 7.68. The van der Waals surface area contributed by atoms with Gasteiger partial charge in [0.15, 0.2) is 0 Å². The molecule has 28 heavy (non-hydrogen) atoms. The van der Waals surface area contributed by atoms with Crippen molar-refractivity contribution in [3.05, 3.63) is 58.4 Å². The summed E-state index contributed by atoms with van der Waals surface area (Å²) in [5.41, 5.74) is 1.23. The zero-order chi connectivity index (χ0) is 19.8. The Morgan fingerprint density at radius 1 is 1.11 bits per heavy atom. The number of aromatic nitrogens is 4. The summed E-state index contributed by atoms with van der Waals surface area (Å²) in [6.07, 6.45) is 1.59. The summed E-state index contributed by atoms with van der Waals surface area (Å²) in [5, 5.41) is 5.50. The lowest BCUT2D eigenvalue weighted by Gasteiger charge is -2.31. The number of likely N-dealkylation sites (tertiary alicyclic amines) is 1. The third-order valence-corrected chi connectivity index (χ3v) is 5.46. The minimum absolute atomic E-state index is 0.0357. The van der Waals surface area contributed by atoms with Gasteiger partial charge in [0.05, 0.1) is 5.52 Å². The van der Waals surface area contributed by atoms with E-state index < -0.39 is 0 Å². The molecule has 4 rings (SSSR count). The van der Waals surface area contributed by atoms with Crippen LogP contribution in [0.3, 0.4) is 0 Å². The molecule has 146 valence electrons. The molecular weight excluding hydrogens is 354 g/mol. The van der Waals surface area contributed by atoms with E-state index in [4.69, 9.17) is 0 Å². The fourth-order valence-corrected chi connectivity index (χ4v) is 3.95. The molecule has 1 amide bonds. The van der Waals surface area contributed by atoms with Gasteiger partial charge in [0.2, 0.25) is 0 Å². The van der Waals surface area contributed by atoms with Crippen molar-refractivity contribution in [1.29, 1.82) is 0 Å². The van der Waals surface area contributed by atoms with Crippen LogP contribution in [0.1, 0.15) is 55.0 Å². The van der Waals surface area contributed by atoms with Crippen LogP contribution < -0.4 is 5.69 Å². The first-order chi connectivity index (χ1) is 13.5. The minimum Gasteiger partial charge on any atom is -0.337 e. The van der Waals surface area contributed by atoms with Gasteiger partial charge in [0, 0.05) is 37.5 Å². The van der Waals surface area contributed by atoms with Gasteiger partial charge in [-0.3, -0.25) is 9.36 Å². The van der Waals surface area contributed by atoms with Gasteiger partial charge in [-0.1, -0.05) is 24.3 Å². The molecule has 1 aliphatic heterocycles. The zero-order valence-electron chi connectivity index (χ0n) is 16.5. The van der Waals surface area contributed by atoms with E-state index in [9.17, 15) is 9.59 Å². The molecule has 0 spiro atoms. The molecule has 0 bridgehead atoms. The predicted molar refractivity (Wildman–Crippen MR) is 107 cm³/mol. The Kier molecular flexibility index (Phi) is 4.75. The summed E-state index contributed by atoms with van der Waals surface area (Å²) in [6, 6.07) is 11.6. The molecule has 7 nitrogen and oxygen atoms in total. The van der Waals surface area contributed by atoms with Gasteiger partial charge in [0.1, 0.15) is 11.5 Å². The van der Waals surface area contributed by atoms with Crippen molar-refractivity contribution in [2.45, 2.75) is 38.6 Å². The molecule has 1 aromatic carbocycles. The zero-order valence-corrected chi connectivity index (χ0v) is 16.5. The maximum Gasteiger partial charge on any atom is 0.345 e. The average molecular weight is 379 g/mol. The van der Waals surface area contributed by atoms with Gasteiger partial charge < -0.3 is 4.90 Å². The second kappa shape index (κ2) is 7.22. The second-order valence-corrected chi connectivity index (χ2v) is 7.68. The molecule has 3 heterocycles. The van der Waals surface area contributed by atoms with E-state index in [1.165, 1.54) is 4.68 Å². The molecule has 0 unspecified atom stereocenters. The fourth-order valence-electron chi connectivity index (χ4n) is 3.95. The lowest BCUT2D eigenvalue weighted by Crippen LogP contribution is -2.39. The van der Waals surface area contributed by atoms with Crippen molar-refractivity contribution in [3.63, 3.8) is 0 Å². The standard InChI is InChI=1S/C21H25N5O2/c1-14(2)26-19(23-24(3)21(26)28)16-10-12-25(13-11-16)20(27)18-9-8-15-6-4-5-7-17(15)22-18/h4-9,14,16H,10-13H2,1-3H3. The quantitative estimate of drug-likeness (QED) is 0.701. The monoisotopic (exact) mass is 379 g/mol. The molecule has 0 radical (unpaired) electrons. The Balaban J connectivity index is 1.50. The molecule has 0 atom stereocenters. The molecule has 0 aliphatic carbocycles. The van der Waals surface area contributed by atoms with Gasteiger partial charge in [-0.05, 0) is 38.8 Å². The number of carbonyl (C=O) groups excluding carboxylic acids is 1. The number of carbonyl (C=O) groups is 1. The Bertz CT molecular complexity index is 1070. The molecule has 3 aromatic rings. The van der Waals surface area contributed by atoms with E-state index in [1.54, 1.807) is 17.7 Å². The van der Waals surface area contributed by atoms with Crippen LogP contribution in [0.2, 0.25) is 0 Å². The number of para-hydroxylation sites is 1. The van der Waals surface area contributed by atoms with E-state index >= 15 is 0 Å². The number of hydrogen-bond acceptors (Lipinski definition) is 4. The summed E-state index contributed by atoms with van der Waals surface area (Å²) in [5.74, 6) is 0.981. The van der Waals surface area contributed by atoms with E-state index in [1.807, 2.05) is 49.1 Å². The molecule has 1 saturated heterocycles. The van der Waals surface area contributed by atoms with Crippen LogP contribution in [0.15, 0.2) is 41.2 Å². The van der Waals surface area contributed by atoms with Crippen molar-refractivity contribution in [2.24, 2.45) is 7.05 Å². The van der Waals surface area contributed by atoms with Crippen LogP contribution in [-0.4, -0.2) is 43.2 Å². The lowest BCUT2D eigenvalue weighted by molar-refractivity contribution is 0.0704. The van der Waals surface area contributed by atoms with E-state index in [0.717, 1.165) is 29.6 Å². The summed E-state index contributed by atoms with van der Waals surface area (Å²) >= 11 is 0. The highest BCUT2D eigenvalue weighted by Gasteiger charge is 2.29. The van der Waals surface area contributed by atoms with Crippen LogP contribution >= 0.6 is 0 Å². The summed E-state index contributed by atoms with van der Waals surface area (Å²) in [7, 11) is 1.69. The van der Waals surface area contributed by atoms with Gasteiger partial charge in [-0.2, -0.15) is 5.10 Å². The number of rotatable bonds is 3. The Morgan fingerprint density at radius 2 is 1.82 bits per heavy atom. The SMILES string of the molecule is CC(C)n1c(C2CCN(C(=O)c3ccc4ccccc4n3)CC2)nn(C)c1=O. The lowest BCUT2D eigenvalue weighted by atomic mass is 9.95. The van der Waals surface area contributed by atoms with Crippen molar-refractivity contribution in [3.8, 4) is 0 Å². The number of fused-ring (bicyclic) bond motifs is 1. The summed E-state index contributed by atoms with van der Waals surface area (Å²) < 4.78 is 3.18. The molecule has 0 N–H and O–H groups in total. The number of hydrogen-bond donors (Lipinski definition) is 0. The van der Waals surface area contributed by atoms with Crippen molar-refractivity contribution in [1.82, 2.24) is 24.2 Å². The number of pyridine rings is 1. The minimum atomic E-state index is -0.0798. The van der Waals surface area contributed by atoms with Crippen LogP contribution in [0.5, 0.6) is 0 Å². The largest absolute Gasteiger partial charge is 0.345 e. The molecule has 0 saturated carbocycles. The fraction of sp³-hybridized carbons (Fsp3) is 0.429. The summed E-state index contributed by atoms with van der Waals surface area (Å²) in [6.45, 7) is 5.27. The van der Waals surface area contributed by atoms with Crippen LogP contribution in [0.25, 0.3) is 10.9 Å². The van der Waals surface area contributed by atoms with Gasteiger partial charge in [-0.25, -0.2) is 14.5 Å². The van der Waals surface area contributed by atoms with E-state index in [-0.39, 0.29) is 23.6 Å². The number of aryl methyl sites for hydroxylation is 1. The molecular formula is C21H25N5O2. The third-order valence-electron chi connectivity index (χ3n) is 5.46. The maximum atomic E-state index is 12.9. The molecule has 1 aliphatic rings. The average Bonchev–Trinajstić information content (AvgIpc) is 3.02. The van der Waals surface area contributed by atoms with Gasteiger partial charge in [-0.15, -0.1) is 0 Å². The Morgan fingerprint density at radius 3 is 2.54 bits per heavy atom. The summed E-state index contributed by atoms with van der Waals surface area (Å²) in [4.78, 5) is 31.6. The van der Waals surface area contributed by atoms with E-state index in [0.29, 0.717) is 18.8 Å². The number of benzene rings is 1. The Hall–Kier alpha value is -2.96. The molecule has 2 aromatic heterocycles. The van der Waals surface area contributed by atoms with Crippen LogP contribution in [0.4, 0.5) is 0 Å². The number of piperidine rings is 1. The maximum absolute atomic E-state index is 12.9. The predicted octanol–water partition coefficient (Wildman–Crippen LogP) is 2.73. The molecule has 7 heteroatoms. The first-order valence-corrected chi connectivity index (χ1v) is 9.76. The van der Waals surface area contributed by atoms with Crippen LogP contribution in [0, 0.1) is 0 Å². The first kappa shape index (κ1) is 18.4. The van der Waals surface area contributed by atoms with Gasteiger partial charge in [0.25, 0.3) is 5.91 Å². The topological polar surface area (TPSA) is 73.0 Å². The van der Waals surface area contributed by atoms with Gasteiger partial charge >= 0.3 is 5.69 Å². The number of amides is 1. The molecule has 1 fully saturated rings. The van der Waals surface area contributed by atoms with Crippen LogP contribution in [-0.2, 0) is 7.05 Å². The van der Waals surface area contributed by atoms with Crippen molar-refractivity contribution >= 4 is 16.8 Å². The highest BCUT2D eigenvalue weighted by atomic mass is 16.2. The first-order valence-electron chi connectivity index (χ1n) is 9.76. The Labute approximate surface area is 163 Å². The van der Waals surface area contributed by atoms with Crippen molar-refractivity contribution in [2.75, 3.05) is 13.1 Å². The van der Waals surface area contributed by atoms with E-state index in [2.05, 4.69) is 10.1 Å². The van der Waals surface area contributed by atoms with Crippen molar-refractivity contribution < 1.29 is 4.79 Å². The highest BCUT2D eigenvalue weighted by Crippen LogP contribution is 2.28. The number of nitrogens with zero attached hydrogens (tertiary/aromatic N) is 5. The smallest absolute Gasteiger partial charge is 0.337 e.